The van der Waals surface area contributed by atoms with Crippen LogP contribution in [0.3, 0.4) is 0 Å². The van der Waals surface area contributed by atoms with Crippen molar-refractivity contribution in [1.82, 2.24) is 19.7 Å². The average Bonchev–Trinajstić information content (AvgIpc) is 3.29. The minimum absolute atomic E-state index is 0.120. The van der Waals surface area contributed by atoms with Gasteiger partial charge in [-0.25, -0.2) is 4.68 Å². The molecule has 4 rings (SSSR count). The lowest BCUT2D eigenvalue weighted by molar-refractivity contribution is -0.125. The molecule has 1 aromatic heterocycles. The molecule has 0 saturated carbocycles. The Labute approximate surface area is 188 Å². The Balaban J connectivity index is 1.70. The van der Waals surface area contributed by atoms with Gasteiger partial charge >= 0.3 is 0 Å². The van der Waals surface area contributed by atoms with E-state index in [0.29, 0.717) is 5.11 Å². The van der Waals surface area contributed by atoms with Gasteiger partial charge in [-0.2, -0.15) is 15.2 Å². The summed E-state index contributed by atoms with van der Waals surface area (Å²) in [6.45, 7) is 3.07. The number of carbonyl (C=O) groups is 1. The van der Waals surface area contributed by atoms with Crippen molar-refractivity contribution in [2.24, 2.45) is 5.10 Å². The second kappa shape index (κ2) is 8.89. The first-order valence-electron chi connectivity index (χ1n) is 9.63. The van der Waals surface area contributed by atoms with E-state index >= 15 is 0 Å². The van der Waals surface area contributed by atoms with Crippen LogP contribution in [0.2, 0.25) is 0 Å². The highest BCUT2D eigenvalue weighted by atomic mass is 79.9. The third kappa shape index (κ3) is 4.20. The Morgan fingerprint density at radius 2 is 1.90 bits per heavy atom. The molecule has 3 aromatic rings. The van der Waals surface area contributed by atoms with Gasteiger partial charge < -0.3 is 4.90 Å². The van der Waals surface area contributed by atoms with Crippen molar-refractivity contribution >= 4 is 45.4 Å². The molecule has 30 heavy (non-hydrogen) atoms. The zero-order chi connectivity index (χ0) is 21.1. The Kier molecular flexibility index (Phi) is 6.06. The summed E-state index contributed by atoms with van der Waals surface area (Å²) in [4.78, 5) is 14.2. The van der Waals surface area contributed by atoms with Crippen molar-refractivity contribution in [3.8, 4) is 16.9 Å². The molecule has 0 radical (unpaired) electrons. The minimum Gasteiger partial charge on any atom is -0.338 e. The molecule has 1 aliphatic heterocycles. The number of halogens is 1. The molecule has 1 amide bonds. The maximum absolute atomic E-state index is 12.4. The van der Waals surface area contributed by atoms with E-state index in [-0.39, 0.29) is 12.5 Å². The molecule has 152 valence electrons. The lowest BCUT2D eigenvalue weighted by Gasteiger charge is -2.15. The number of nitrogens with zero attached hydrogens (tertiary/aromatic N) is 5. The number of carbonyl (C=O) groups excluding carboxylic acids is 1. The Bertz CT molecular complexity index is 1090. The maximum atomic E-state index is 12.4. The summed E-state index contributed by atoms with van der Waals surface area (Å²) in [5.74, 6) is -0.120. The second-order valence-electron chi connectivity index (χ2n) is 6.87. The van der Waals surface area contributed by atoms with Crippen molar-refractivity contribution in [3.63, 3.8) is 0 Å². The van der Waals surface area contributed by atoms with Crippen molar-refractivity contribution in [1.29, 1.82) is 0 Å². The van der Waals surface area contributed by atoms with Crippen LogP contribution in [0.25, 0.3) is 16.9 Å². The molecule has 0 bridgehead atoms. The molecular weight excluding hydrogens is 462 g/mol. The van der Waals surface area contributed by atoms with Crippen LogP contribution < -0.4 is 0 Å². The average molecular weight is 482 g/mol. The molecule has 1 fully saturated rings. The molecule has 0 aliphatic carbocycles. The fraction of sp³-hybridized carbons (Fsp3) is 0.182. The number of hydrogen-bond acceptors (Lipinski definition) is 4. The van der Waals surface area contributed by atoms with Gasteiger partial charge in [0.15, 0.2) is 5.11 Å². The van der Waals surface area contributed by atoms with Crippen molar-refractivity contribution in [3.05, 3.63) is 70.8 Å². The molecule has 6 nitrogen and oxygen atoms in total. The van der Waals surface area contributed by atoms with Gasteiger partial charge in [0.05, 0.1) is 11.9 Å². The minimum atomic E-state index is -0.120. The first-order valence-corrected chi connectivity index (χ1v) is 10.8. The van der Waals surface area contributed by atoms with E-state index in [4.69, 9.17) is 17.3 Å². The van der Waals surface area contributed by atoms with Gasteiger partial charge in [-0.15, -0.1) is 0 Å². The molecule has 0 atom stereocenters. The molecule has 0 spiro atoms. The van der Waals surface area contributed by atoms with E-state index < -0.39 is 0 Å². The smallest absolute Gasteiger partial charge is 0.269 e. The summed E-state index contributed by atoms with van der Waals surface area (Å²) < 4.78 is 2.81. The number of para-hydroxylation sites is 1. The van der Waals surface area contributed by atoms with Gasteiger partial charge in [-0.3, -0.25) is 4.79 Å². The van der Waals surface area contributed by atoms with Crippen LogP contribution in [-0.2, 0) is 4.79 Å². The lowest BCUT2D eigenvalue weighted by atomic mass is 10.1. The number of rotatable bonds is 6. The number of aromatic nitrogens is 2. The third-order valence-corrected chi connectivity index (χ3v) is 5.66. The fourth-order valence-electron chi connectivity index (χ4n) is 3.24. The summed E-state index contributed by atoms with van der Waals surface area (Å²) >= 11 is 8.90. The quantitative estimate of drug-likeness (QED) is 0.384. The van der Waals surface area contributed by atoms with Crippen LogP contribution in [-0.4, -0.2) is 50.0 Å². The Morgan fingerprint density at radius 1 is 1.17 bits per heavy atom. The van der Waals surface area contributed by atoms with Crippen LogP contribution in [0, 0.1) is 0 Å². The summed E-state index contributed by atoms with van der Waals surface area (Å²) in [5.41, 5.74) is 3.47. The van der Waals surface area contributed by atoms with Gasteiger partial charge in [0.25, 0.3) is 5.91 Å². The first kappa shape index (κ1) is 20.4. The van der Waals surface area contributed by atoms with Crippen LogP contribution in [0.15, 0.2) is 70.4 Å². The monoisotopic (exact) mass is 481 g/mol. The molecule has 0 N–H and O–H groups in total. The van der Waals surface area contributed by atoms with E-state index in [9.17, 15) is 4.79 Å². The summed E-state index contributed by atoms with van der Waals surface area (Å²) in [6, 6.07) is 17.8. The SMILES string of the molecule is CCCN1CC(=O)N(/N=C\c2cn(-c3ccccc3)nc2-c2ccc(Br)cc2)C1=S. The standard InChI is InChI=1S/C22H20BrN5OS/c1-2-12-26-15-20(29)28(22(26)30)24-13-17-14-27(19-6-4-3-5-7-19)25-21(17)16-8-10-18(23)11-9-16/h3-11,13-14H,2,12,15H2,1H3/b24-13-. The van der Waals surface area contributed by atoms with Gasteiger partial charge in [-0.1, -0.05) is 53.2 Å². The number of hydrogen-bond donors (Lipinski definition) is 0. The van der Waals surface area contributed by atoms with E-state index in [1.165, 1.54) is 5.01 Å². The first-order chi connectivity index (χ1) is 14.6. The van der Waals surface area contributed by atoms with Crippen LogP contribution in [0.5, 0.6) is 0 Å². The Hall–Kier alpha value is -2.84. The van der Waals surface area contributed by atoms with Crippen molar-refractivity contribution < 1.29 is 4.79 Å². The van der Waals surface area contributed by atoms with Crippen LogP contribution in [0.4, 0.5) is 0 Å². The van der Waals surface area contributed by atoms with Crippen LogP contribution >= 0.6 is 28.1 Å². The predicted molar refractivity (Wildman–Crippen MR) is 126 cm³/mol. The number of amides is 1. The highest BCUT2D eigenvalue weighted by molar-refractivity contribution is 9.10. The Morgan fingerprint density at radius 3 is 2.60 bits per heavy atom. The van der Waals surface area contributed by atoms with Crippen molar-refractivity contribution in [2.75, 3.05) is 13.1 Å². The molecule has 1 saturated heterocycles. The zero-order valence-electron chi connectivity index (χ0n) is 16.4. The molecular formula is C22H20BrN5OS. The highest BCUT2D eigenvalue weighted by Crippen LogP contribution is 2.25. The predicted octanol–water partition coefficient (Wildman–Crippen LogP) is 4.47. The highest BCUT2D eigenvalue weighted by Gasteiger charge is 2.32. The third-order valence-electron chi connectivity index (χ3n) is 4.70. The zero-order valence-corrected chi connectivity index (χ0v) is 18.8. The normalized spacial score (nSPS) is 14.3. The number of hydrazone groups is 1. The lowest BCUT2D eigenvalue weighted by Crippen LogP contribution is -2.29. The second-order valence-corrected chi connectivity index (χ2v) is 8.16. The van der Waals surface area contributed by atoms with Gasteiger partial charge in [0, 0.05) is 28.3 Å². The molecule has 2 aromatic carbocycles. The topological polar surface area (TPSA) is 53.7 Å². The van der Waals surface area contributed by atoms with Crippen molar-refractivity contribution in [2.45, 2.75) is 13.3 Å². The molecule has 2 heterocycles. The maximum Gasteiger partial charge on any atom is 0.269 e. The number of benzene rings is 2. The van der Waals surface area contributed by atoms with E-state index in [1.807, 2.05) is 70.4 Å². The largest absolute Gasteiger partial charge is 0.338 e. The van der Waals surface area contributed by atoms with Gasteiger partial charge in [-0.05, 0) is 42.9 Å². The van der Waals surface area contributed by atoms with Crippen LogP contribution in [0.1, 0.15) is 18.9 Å². The molecule has 1 aliphatic rings. The van der Waals surface area contributed by atoms with E-state index in [2.05, 4.69) is 28.0 Å². The van der Waals surface area contributed by atoms with Gasteiger partial charge in [0.2, 0.25) is 0 Å². The molecule has 0 unspecified atom stereocenters. The van der Waals surface area contributed by atoms with Gasteiger partial charge in [0.1, 0.15) is 12.2 Å². The molecule has 8 heteroatoms. The summed E-state index contributed by atoms with van der Waals surface area (Å²) in [7, 11) is 0. The van der Waals surface area contributed by atoms with E-state index in [1.54, 1.807) is 6.21 Å². The fourth-order valence-corrected chi connectivity index (χ4v) is 3.81. The number of thiocarbonyl (C=S) groups is 1. The summed E-state index contributed by atoms with van der Waals surface area (Å²) in [5, 5.41) is 10.9. The van der Waals surface area contributed by atoms with E-state index in [0.717, 1.165) is 39.9 Å². The summed E-state index contributed by atoms with van der Waals surface area (Å²) in [6.07, 6.45) is 4.48.